The second-order valence-corrected chi connectivity index (χ2v) is 7.32. The van der Waals surface area contributed by atoms with E-state index in [2.05, 4.69) is 0 Å². The summed E-state index contributed by atoms with van der Waals surface area (Å²) >= 11 is 0. The monoisotopic (exact) mass is 319 g/mol. The van der Waals surface area contributed by atoms with Gasteiger partial charge in [-0.05, 0) is 44.4 Å². The lowest BCUT2D eigenvalue weighted by atomic mass is 10.0. The molecule has 0 amide bonds. The first-order chi connectivity index (χ1) is 9.78. The molecule has 0 radical (unpaired) electrons. The first-order valence-corrected chi connectivity index (χ1v) is 8.35. The Morgan fingerprint density at radius 3 is 2.33 bits per heavy atom. The van der Waals surface area contributed by atoms with E-state index in [1.807, 2.05) is 0 Å². The number of nitrogens with zero attached hydrogens (tertiary/aromatic N) is 1. The van der Waals surface area contributed by atoms with Crippen LogP contribution in [0.15, 0.2) is 17.0 Å². The molecule has 0 aromatic heterocycles. The fourth-order valence-electron chi connectivity index (χ4n) is 2.88. The highest BCUT2D eigenvalue weighted by molar-refractivity contribution is 7.89. The third-order valence-corrected chi connectivity index (χ3v) is 6.03. The lowest BCUT2D eigenvalue weighted by Crippen LogP contribution is -2.47. The predicted molar refractivity (Wildman–Crippen MR) is 74.1 cm³/mol. The molecular weight excluding hydrogens is 300 g/mol. The van der Waals surface area contributed by atoms with Gasteiger partial charge in [0.05, 0.1) is 6.61 Å². The molecular formula is C14H19F2NO3S. The fraction of sp³-hybridized carbons (Fsp3) is 0.571. The van der Waals surface area contributed by atoms with E-state index in [0.29, 0.717) is 12.8 Å². The lowest BCUT2D eigenvalue weighted by Gasteiger charge is -2.37. The Morgan fingerprint density at radius 2 is 1.81 bits per heavy atom. The van der Waals surface area contributed by atoms with Gasteiger partial charge in [0, 0.05) is 12.1 Å². The summed E-state index contributed by atoms with van der Waals surface area (Å²) in [4.78, 5) is -0.702. The summed E-state index contributed by atoms with van der Waals surface area (Å²) in [6, 6.07) is 1.28. The predicted octanol–water partition coefficient (Wildman–Crippen LogP) is 2.41. The molecule has 1 heterocycles. The molecule has 1 aliphatic rings. The number of hydrogen-bond donors (Lipinski definition) is 1. The smallest absolute Gasteiger partial charge is 0.246 e. The Labute approximate surface area is 123 Å². The number of aliphatic hydroxyl groups excluding tert-OH is 1. The van der Waals surface area contributed by atoms with Crippen molar-refractivity contribution < 1.29 is 22.3 Å². The number of piperidine rings is 1. The average Bonchev–Trinajstić information content (AvgIpc) is 2.41. The third-order valence-electron chi connectivity index (χ3n) is 3.91. The van der Waals surface area contributed by atoms with Gasteiger partial charge in [0.1, 0.15) is 4.90 Å². The third kappa shape index (κ3) is 2.95. The molecule has 2 rings (SSSR count). The first kappa shape index (κ1) is 16.3. The van der Waals surface area contributed by atoms with Gasteiger partial charge in [-0.1, -0.05) is 6.42 Å². The zero-order chi connectivity index (χ0) is 15.8. The highest BCUT2D eigenvalue weighted by Crippen LogP contribution is 2.31. The SMILES string of the molecule is CC1CCCC(C)N1S(=O)(=O)c1cc(CO)cc(F)c1F. The van der Waals surface area contributed by atoms with Crippen LogP contribution in [0.2, 0.25) is 0 Å². The summed E-state index contributed by atoms with van der Waals surface area (Å²) in [7, 11) is -4.14. The highest BCUT2D eigenvalue weighted by Gasteiger charge is 2.37. The first-order valence-electron chi connectivity index (χ1n) is 6.91. The Bertz CT molecular complexity index is 623. The van der Waals surface area contributed by atoms with E-state index in [4.69, 9.17) is 5.11 Å². The molecule has 1 aliphatic heterocycles. The summed E-state index contributed by atoms with van der Waals surface area (Å²) in [5, 5.41) is 9.06. The largest absolute Gasteiger partial charge is 0.392 e. The molecule has 21 heavy (non-hydrogen) atoms. The summed E-state index contributed by atoms with van der Waals surface area (Å²) in [5.74, 6) is -2.66. The van der Waals surface area contributed by atoms with E-state index in [1.54, 1.807) is 13.8 Å². The topological polar surface area (TPSA) is 57.6 Å². The van der Waals surface area contributed by atoms with Crippen LogP contribution in [-0.2, 0) is 16.6 Å². The van der Waals surface area contributed by atoms with Crippen molar-refractivity contribution in [2.75, 3.05) is 0 Å². The zero-order valence-electron chi connectivity index (χ0n) is 12.0. The van der Waals surface area contributed by atoms with Crippen LogP contribution in [0.3, 0.4) is 0 Å². The standard InChI is InChI=1S/C14H19F2NO3S/c1-9-4-3-5-10(2)17(9)21(19,20)13-7-11(8-18)6-12(15)14(13)16/h6-7,9-10,18H,3-5,8H2,1-2H3. The van der Waals surface area contributed by atoms with Crippen LogP contribution in [0.4, 0.5) is 8.78 Å². The van der Waals surface area contributed by atoms with Gasteiger partial charge in [0.15, 0.2) is 11.6 Å². The van der Waals surface area contributed by atoms with E-state index < -0.39 is 33.2 Å². The van der Waals surface area contributed by atoms with Crippen LogP contribution in [0.25, 0.3) is 0 Å². The zero-order valence-corrected chi connectivity index (χ0v) is 12.8. The number of sulfonamides is 1. The molecule has 2 atom stereocenters. The number of rotatable bonds is 3. The summed E-state index contributed by atoms with van der Waals surface area (Å²) in [5.41, 5.74) is 0.0322. The summed E-state index contributed by atoms with van der Waals surface area (Å²) in [6.45, 7) is 2.97. The van der Waals surface area contributed by atoms with Gasteiger partial charge in [0.25, 0.3) is 0 Å². The molecule has 0 saturated carbocycles. The molecule has 7 heteroatoms. The Kier molecular flexibility index (Phi) is 4.65. The van der Waals surface area contributed by atoms with Crippen molar-refractivity contribution in [3.05, 3.63) is 29.3 Å². The summed E-state index contributed by atoms with van der Waals surface area (Å²) in [6.07, 6.45) is 2.28. The van der Waals surface area contributed by atoms with Gasteiger partial charge in [-0.3, -0.25) is 0 Å². The molecule has 1 fully saturated rings. The van der Waals surface area contributed by atoms with Gasteiger partial charge in [-0.2, -0.15) is 4.31 Å². The Balaban J connectivity index is 2.55. The van der Waals surface area contributed by atoms with Crippen LogP contribution < -0.4 is 0 Å². The highest BCUT2D eigenvalue weighted by atomic mass is 32.2. The molecule has 0 aliphatic carbocycles. The molecule has 118 valence electrons. The van der Waals surface area contributed by atoms with E-state index in [9.17, 15) is 17.2 Å². The second-order valence-electron chi connectivity index (χ2n) is 5.51. The molecule has 0 bridgehead atoms. The van der Waals surface area contributed by atoms with Crippen molar-refractivity contribution in [1.29, 1.82) is 0 Å². The average molecular weight is 319 g/mol. The van der Waals surface area contributed by atoms with E-state index >= 15 is 0 Å². The van der Waals surface area contributed by atoms with Crippen LogP contribution in [0.5, 0.6) is 0 Å². The number of aliphatic hydroxyl groups is 1. The minimum absolute atomic E-state index is 0.0322. The van der Waals surface area contributed by atoms with Crippen LogP contribution >= 0.6 is 0 Å². The van der Waals surface area contributed by atoms with E-state index in [1.165, 1.54) is 4.31 Å². The maximum atomic E-state index is 14.0. The quantitative estimate of drug-likeness (QED) is 0.931. The molecule has 4 nitrogen and oxygen atoms in total. The normalized spacial score (nSPS) is 24.2. The van der Waals surface area contributed by atoms with Crippen molar-refractivity contribution in [1.82, 2.24) is 4.31 Å². The lowest BCUT2D eigenvalue weighted by molar-refractivity contribution is 0.203. The summed E-state index contributed by atoms with van der Waals surface area (Å²) < 4.78 is 54.1. The molecule has 0 spiro atoms. The van der Waals surface area contributed by atoms with Crippen LogP contribution in [0, 0.1) is 11.6 Å². The van der Waals surface area contributed by atoms with Gasteiger partial charge in [0.2, 0.25) is 10.0 Å². The Morgan fingerprint density at radius 1 is 1.24 bits per heavy atom. The van der Waals surface area contributed by atoms with E-state index in [0.717, 1.165) is 18.6 Å². The van der Waals surface area contributed by atoms with Gasteiger partial charge in [-0.25, -0.2) is 17.2 Å². The van der Waals surface area contributed by atoms with Crippen molar-refractivity contribution in [3.8, 4) is 0 Å². The fourth-order valence-corrected chi connectivity index (χ4v) is 4.89. The van der Waals surface area contributed by atoms with Crippen molar-refractivity contribution in [2.24, 2.45) is 0 Å². The Hall–Kier alpha value is -1.05. The van der Waals surface area contributed by atoms with E-state index in [-0.39, 0.29) is 17.6 Å². The van der Waals surface area contributed by atoms with Gasteiger partial charge >= 0.3 is 0 Å². The maximum absolute atomic E-state index is 14.0. The maximum Gasteiger partial charge on any atom is 0.246 e. The minimum atomic E-state index is -4.14. The van der Waals surface area contributed by atoms with Gasteiger partial charge in [-0.15, -0.1) is 0 Å². The number of halogens is 2. The minimum Gasteiger partial charge on any atom is -0.392 e. The molecule has 2 unspecified atom stereocenters. The molecule has 1 N–H and O–H groups in total. The molecule has 1 aromatic carbocycles. The van der Waals surface area contributed by atoms with Crippen molar-refractivity contribution in [2.45, 2.75) is 56.7 Å². The van der Waals surface area contributed by atoms with Crippen molar-refractivity contribution in [3.63, 3.8) is 0 Å². The number of benzene rings is 1. The van der Waals surface area contributed by atoms with Gasteiger partial charge < -0.3 is 5.11 Å². The van der Waals surface area contributed by atoms with Crippen LogP contribution in [-0.4, -0.2) is 29.9 Å². The number of hydrogen-bond acceptors (Lipinski definition) is 3. The van der Waals surface area contributed by atoms with Crippen molar-refractivity contribution >= 4 is 10.0 Å². The molecule has 1 aromatic rings. The van der Waals surface area contributed by atoms with Crippen LogP contribution in [0.1, 0.15) is 38.7 Å². The molecule has 1 saturated heterocycles. The second kappa shape index (κ2) is 5.98.